The molecule has 1 unspecified atom stereocenters. The molecule has 0 saturated heterocycles. The first kappa shape index (κ1) is 11.5. The number of hydrogen-bond acceptors (Lipinski definition) is 2. The number of nitrogens with zero attached hydrogens (tertiary/aromatic N) is 2. The molecule has 0 bridgehead atoms. The van der Waals surface area contributed by atoms with Crippen LogP contribution >= 0.6 is 0 Å². The average molecular weight is 242 g/mol. The fourth-order valence-corrected chi connectivity index (χ4v) is 2.32. The first-order valence-corrected chi connectivity index (χ1v) is 6.48. The van der Waals surface area contributed by atoms with Gasteiger partial charge in [-0.15, -0.1) is 0 Å². The Hall–Kier alpha value is -1.61. The van der Waals surface area contributed by atoms with Crippen LogP contribution in [0.15, 0.2) is 36.7 Å². The molecule has 1 N–H and O–H groups in total. The van der Waals surface area contributed by atoms with Gasteiger partial charge >= 0.3 is 0 Å². The highest BCUT2D eigenvalue weighted by Gasteiger charge is 2.24. The number of imidazole rings is 1. The lowest BCUT2D eigenvalue weighted by molar-refractivity contribution is 0.175. The number of benzene rings is 1. The quantitative estimate of drug-likeness (QED) is 0.894. The van der Waals surface area contributed by atoms with Gasteiger partial charge in [-0.05, 0) is 29.9 Å². The van der Waals surface area contributed by atoms with E-state index in [4.69, 9.17) is 0 Å². The summed E-state index contributed by atoms with van der Waals surface area (Å²) in [6.07, 6.45) is 6.35. The van der Waals surface area contributed by atoms with Gasteiger partial charge in [0.25, 0.3) is 0 Å². The molecule has 3 nitrogen and oxygen atoms in total. The van der Waals surface area contributed by atoms with Crippen molar-refractivity contribution in [3.8, 4) is 0 Å². The molecule has 0 radical (unpaired) electrons. The van der Waals surface area contributed by atoms with Crippen molar-refractivity contribution in [1.29, 1.82) is 0 Å². The van der Waals surface area contributed by atoms with Crippen LogP contribution in [0.3, 0.4) is 0 Å². The highest BCUT2D eigenvalue weighted by molar-refractivity contribution is 5.30. The van der Waals surface area contributed by atoms with Crippen molar-refractivity contribution < 1.29 is 5.11 Å². The Bertz CT molecular complexity index is 543. The third kappa shape index (κ3) is 2.31. The molecule has 1 aliphatic carbocycles. The summed E-state index contributed by atoms with van der Waals surface area (Å²) in [5.41, 5.74) is 2.37. The second-order valence-corrected chi connectivity index (χ2v) is 5.12. The fraction of sp³-hybridized carbons (Fsp3) is 0.400. The largest absolute Gasteiger partial charge is 0.388 e. The molecule has 1 atom stereocenters. The minimum absolute atomic E-state index is 0.468. The highest BCUT2D eigenvalue weighted by atomic mass is 16.3. The normalized spacial score (nSPS) is 16.8. The minimum atomic E-state index is -0.468. The van der Waals surface area contributed by atoms with Gasteiger partial charge in [0.05, 0.1) is 6.10 Å². The first-order chi connectivity index (χ1) is 8.74. The van der Waals surface area contributed by atoms with Crippen molar-refractivity contribution in [2.45, 2.75) is 31.3 Å². The molecule has 1 saturated carbocycles. The second-order valence-electron chi connectivity index (χ2n) is 5.12. The third-order valence-corrected chi connectivity index (χ3v) is 3.64. The SMILES string of the molecule is Cn1ccnc1CC(O)c1cccc(C2CC2)c1. The molecule has 2 aromatic rings. The van der Waals surface area contributed by atoms with Crippen LogP contribution in [0.5, 0.6) is 0 Å². The summed E-state index contributed by atoms with van der Waals surface area (Å²) < 4.78 is 1.95. The van der Waals surface area contributed by atoms with Crippen LogP contribution in [-0.2, 0) is 13.5 Å². The lowest BCUT2D eigenvalue weighted by Crippen LogP contribution is -2.07. The van der Waals surface area contributed by atoms with Gasteiger partial charge in [0, 0.05) is 25.9 Å². The van der Waals surface area contributed by atoms with Gasteiger partial charge in [0.1, 0.15) is 5.82 Å². The zero-order valence-corrected chi connectivity index (χ0v) is 10.6. The maximum atomic E-state index is 10.3. The van der Waals surface area contributed by atoms with Gasteiger partial charge in [-0.3, -0.25) is 0 Å². The van der Waals surface area contributed by atoms with E-state index >= 15 is 0 Å². The van der Waals surface area contributed by atoms with Crippen LogP contribution in [0.1, 0.15) is 41.8 Å². The minimum Gasteiger partial charge on any atom is -0.388 e. The van der Waals surface area contributed by atoms with Gasteiger partial charge in [-0.25, -0.2) is 4.98 Å². The number of aryl methyl sites for hydroxylation is 1. The second kappa shape index (κ2) is 4.58. The predicted molar refractivity (Wildman–Crippen MR) is 70.3 cm³/mol. The van der Waals surface area contributed by atoms with Crippen LogP contribution in [0.4, 0.5) is 0 Å². The van der Waals surface area contributed by atoms with Gasteiger partial charge in [-0.2, -0.15) is 0 Å². The van der Waals surface area contributed by atoms with Gasteiger partial charge < -0.3 is 9.67 Å². The Kier molecular flexibility index (Phi) is 2.92. The van der Waals surface area contributed by atoms with Crippen LogP contribution < -0.4 is 0 Å². The molecule has 1 aliphatic rings. The molecule has 1 aromatic heterocycles. The Morgan fingerprint density at radius 1 is 1.44 bits per heavy atom. The van der Waals surface area contributed by atoms with Crippen LogP contribution in [0.25, 0.3) is 0 Å². The van der Waals surface area contributed by atoms with E-state index in [0.29, 0.717) is 6.42 Å². The van der Waals surface area contributed by atoms with Crippen LogP contribution in [0, 0.1) is 0 Å². The zero-order chi connectivity index (χ0) is 12.5. The molecule has 3 rings (SSSR count). The monoisotopic (exact) mass is 242 g/mol. The Balaban J connectivity index is 1.77. The van der Waals surface area contributed by atoms with E-state index in [0.717, 1.165) is 17.3 Å². The van der Waals surface area contributed by atoms with Crippen LogP contribution in [-0.4, -0.2) is 14.7 Å². The van der Waals surface area contributed by atoms with E-state index in [9.17, 15) is 5.11 Å². The van der Waals surface area contributed by atoms with E-state index < -0.39 is 6.10 Å². The predicted octanol–water partition coefficient (Wildman–Crippen LogP) is 2.57. The van der Waals surface area contributed by atoms with E-state index in [-0.39, 0.29) is 0 Å². The molecule has 0 amide bonds. The van der Waals surface area contributed by atoms with Crippen molar-refractivity contribution >= 4 is 0 Å². The average Bonchev–Trinajstić information content (AvgIpc) is 3.16. The molecule has 1 aromatic carbocycles. The van der Waals surface area contributed by atoms with E-state index in [1.54, 1.807) is 6.20 Å². The van der Waals surface area contributed by atoms with Crippen molar-refractivity contribution in [2.24, 2.45) is 7.05 Å². The number of aliphatic hydroxyl groups excluding tert-OH is 1. The molecule has 0 aliphatic heterocycles. The smallest absolute Gasteiger partial charge is 0.111 e. The maximum Gasteiger partial charge on any atom is 0.111 e. The maximum absolute atomic E-state index is 10.3. The molecule has 18 heavy (non-hydrogen) atoms. The standard InChI is InChI=1S/C15H18N2O/c1-17-8-7-16-15(17)10-14(18)13-4-2-3-12(9-13)11-5-6-11/h2-4,7-9,11,14,18H,5-6,10H2,1H3. The van der Waals surface area contributed by atoms with Crippen molar-refractivity contribution in [3.63, 3.8) is 0 Å². The fourth-order valence-electron chi connectivity index (χ4n) is 2.32. The summed E-state index contributed by atoms with van der Waals surface area (Å²) in [4.78, 5) is 4.25. The van der Waals surface area contributed by atoms with E-state index in [2.05, 4.69) is 17.1 Å². The third-order valence-electron chi connectivity index (χ3n) is 3.64. The zero-order valence-electron chi connectivity index (χ0n) is 10.6. The van der Waals surface area contributed by atoms with Gasteiger partial charge in [-0.1, -0.05) is 24.3 Å². The van der Waals surface area contributed by atoms with Gasteiger partial charge in [0.2, 0.25) is 0 Å². The Morgan fingerprint density at radius 3 is 2.94 bits per heavy atom. The molecule has 94 valence electrons. The lowest BCUT2D eigenvalue weighted by atomic mass is 10.0. The summed E-state index contributed by atoms with van der Waals surface area (Å²) in [7, 11) is 1.95. The molecule has 1 heterocycles. The highest BCUT2D eigenvalue weighted by Crippen LogP contribution is 2.40. The molecule has 1 fully saturated rings. The van der Waals surface area contributed by atoms with Gasteiger partial charge in [0.15, 0.2) is 0 Å². The Labute approximate surface area is 107 Å². The van der Waals surface area contributed by atoms with Crippen molar-refractivity contribution in [2.75, 3.05) is 0 Å². The number of aromatic nitrogens is 2. The van der Waals surface area contributed by atoms with Crippen LogP contribution in [0.2, 0.25) is 0 Å². The molecular weight excluding hydrogens is 224 g/mol. The topological polar surface area (TPSA) is 38.0 Å². The number of hydrogen-bond donors (Lipinski definition) is 1. The van der Waals surface area contributed by atoms with Crippen molar-refractivity contribution in [3.05, 3.63) is 53.6 Å². The summed E-state index contributed by atoms with van der Waals surface area (Å²) in [5, 5.41) is 10.3. The van der Waals surface area contributed by atoms with E-state index in [1.165, 1.54) is 18.4 Å². The number of aliphatic hydroxyl groups is 1. The number of rotatable bonds is 4. The lowest BCUT2D eigenvalue weighted by Gasteiger charge is -2.12. The summed E-state index contributed by atoms with van der Waals surface area (Å²) in [6, 6.07) is 8.35. The van der Waals surface area contributed by atoms with Crippen molar-refractivity contribution in [1.82, 2.24) is 9.55 Å². The van der Waals surface area contributed by atoms with E-state index in [1.807, 2.05) is 29.9 Å². The Morgan fingerprint density at radius 2 is 2.28 bits per heavy atom. The molecule has 0 spiro atoms. The molecular formula is C15H18N2O. The first-order valence-electron chi connectivity index (χ1n) is 6.48. The summed E-state index contributed by atoms with van der Waals surface area (Å²) in [5.74, 6) is 1.64. The summed E-state index contributed by atoms with van der Waals surface area (Å²) in [6.45, 7) is 0. The molecule has 3 heteroatoms. The summed E-state index contributed by atoms with van der Waals surface area (Å²) >= 11 is 0.